The monoisotopic (exact) mass is 400 g/mol. The molecule has 0 saturated carbocycles. The second-order valence-electron chi connectivity index (χ2n) is 7.31. The van der Waals surface area contributed by atoms with Crippen molar-refractivity contribution in [2.45, 2.75) is 19.4 Å². The molecule has 30 heavy (non-hydrogen) atoms. The van der Waals surface area contributed by atoms with Crippen LogP contribution in [-0.2, 0) is 11.2 Å². The molecule has 0 spiro atoms. The summed E-state index contributed by atoms with van der Waals surface area (Å²) in [6.45, 7) is 2.47. The van der Waals surface area contributed by atoms with Gasteiger partial charge in [-0.2, -0.15) is 0 Å². The summed E-state index contributed by atoms with van der Waals surface area (Å²) in [5.74, 6) is 0.0461. The molecule has 2 amide bonds. The lowest BCUT2D eigenvalue weighted by Gasteiger charge is -2.19. The molecule has 0 bridgehead atoms. The number of nitrogens with zero attached hydrogens (tertiary/aromatic N) is 1. The molecule has 4 rings (SSSR count). The first kappa shape index (κ1) is 19.7. The highest BCUT2D eigenvalue weighted by Gasteiger charge is 2.25. The maximum absolute atomic E-state index is 12.8. The van der Waals surface area contributed by atoms with Crippen LogP contribution in [0.15, 0.2) is 78.9 Å². The van der Waals surface area contributed by atoms with E-state index in [4.69, 9.17) is 4.74 Å². The predicted octanol–water partition coefficient (Wildman–Crippen LogP) is 4.15. The number of hydrogen-bond acceptors (Lipinski definition) is 3. The molecule has 1 unspecified atom stereocenters. The quantitative estimate of drug-likeness (QED) is 0.676. The van der Waals surface area contributed by atoms with E-state index in [1.165, 1.54) is 5.56 Å². The number of carbonyl (C=O) groups excluding carboxylic acids is 2. The van der Waals surface area contributed by atoms with Gasteiger partial charge in [-0.3, -0.25) is 9.59 Å². The van der Waals surface area contributed by atoms with Crippen LogP contribution >= 0.6 is 0 Å². The summed E-state index contributed by atoms with van der Waals surface area (Å²) in [7, 11) is 0. The second-order valence-corrected chi connectivity index (χ2v) is 7.31. The molecule has 3 aromatic rings. The lowest BCUT2D eigenvalue weighted by molar-refractivity contribution is -0.120. The Balaban J connectivity index is 1.42. The molecule has 1 aliphatic heterocycles. The van der Waals surface area contributed by atoms with Crippen LogP contribution in [0.1, 0.15) is 34.5 Å². The number of nitrogens with one attached hydrogen (secondary N) is 1. The van der Waals surface area contributed by atoms with E-state index in [9.17, 15) is 9.59 Å². The van der Waals surface area contributed by atoms with Crippen molar-refractivity contribution < 1.29 is 14.3 Å². The van der Waals surface area contributed by atoms with Gasteiger partial charge in [0.1, 0.15) is 5.75 Å². The SMILES string of the molecule is CC(NC(=O)c1ccccc1OCC(=O)N1CCc2ccccc21)c1ccccc1. The molecule has 5 heteroatoms. The first-order valence-electron chi connectivity index (χ1n) is 10.1. The Kier molecular flexibility index (Phi) is 5.80. The molecular formula is C25H24N2O3. The molecule has 5 nitrogen and oxygen atoms in total. The Labute approximate surface area is 176 Å². The van der Waals surface area contributed by atoms with Gasteiger partial charge in [-0.05, 0) is 42.7 Å². The average molecular weight is 400 g/mol. The molecule has 0 aromatic heterocycles. The normalized spacial score (nSPS) is 13.4. The number of amides is 2. The third-order valence-corrected chi connectivity index (χ3v) is 5.32. The maximum Gasteiger partial charge on any atom is 0.264 e. The summed E-state index contributed by atoms with van der Waals surface area (Å²) in [5.41, 5.74) is 3.54. The number of rotatable bonds is 6. The van der Waals surface area contributed by atoms with Crippen molar-refractivity contribution in [1.29, 1.82) is 0 Å². The van der Waals surface area contributed by atoms with Gasteiger partial charge in [0, 0.05) is 12.2 Å². The Morgan fingerprint density at radius 2 is 1.67 bits per heavy atom. The van der Waals surface area contributed by atoms with Gasteiger partial charge in [0.15, 0.2) is 6.61 Å². The number of benzene rings is 3. The first-order valence-corrected chi connectivity index (χ1v) is 10.1. The standard InChI is InChI=1S/C25H24N2O3/c1-18(19-9-3-2-4-10-19)26-25(29)21-12-6-8-14-23(21)30-17-24(28)27-16-15-20-11-5-7-13-22(20)27/h2-14,18H,15-17H2,1H3,(H,26,29). The molecule has 1 heterocycles. The third kappa shape index (κ3) is 4.20. The molecular weight excluding hydrogens is 376 g/mol. The summed E-state index contributed by atoms with van der Waals surface area (Å²) < 4.78 is 5.78. The topological polar surface area (TPSA) is 58.6 Å². The van der Waals surface area contributed by atoms with Gasteiger partial charge in [-0.1, -0.05) is 60.7 Å². The van der Waals surface area contributed by atoms with Gasteiger partial charge in [0.25, 0.3) is 11.8 Å². The second kappa shape index (κ2) is 8.82. The highest BCUT2D eigenvalue weighted by molar-refractivity contribution is 5.98. The smallest absolute Gasteiger partial charge is 0.264 e. The lowest BCUT2D eigenvalue weighted by Crippen LogP contribution is -2.33. The van der Waals surface area contributed by atoms with E-state index in [0.717, 1.165) is 17.7 Å². The van der Waals surface area contributed by atoms with Gasteiger partial charge in [-0.15, -0.1) is 0 Å². The highest BCUT2D eigenvalue weighted by atomic mass is 16.5. The summed E-state index contributed by atoms with van der Waals surface area (Å²) in [6.07, 6.45) is 0.846. The van der Waals surface area contributed by atoms with E-state index in [-0.39, 0.29) is 24.5 Å². The number of carbonyl (C=O) groups is 2. The molecule has 1 aliphatic rings. The van der Waals surface area contributed by atoms with Crippen LogP contribution in [0.3, 0.4) is 0 Å². The van der Waals surface area contributed by atoms with Crippen LogP contribution in [0.5, 0.6) is 5.75 Å². The molecule has 3 aromatic carbocycles. The molecule has 152 valence electrons. The number of hydrogen-bond donors (Lipinski definition) is 1. The Bertz CT molecular complexity index is 1050. The minimum Gasteiger partial charge on any atom is -0.483 e. The predicted molar refractivity (Wildman–Crippen MR) is 117 cm³/mol. The number of fused-ring (bicyclic) bond motifs is 1. The highest BCUT2D eigenvalue weighted by Crippen LogP contribution is 2.28. The van der Waals surface area contributed by atoms with E-state index in [2.05, 4.69) is 5.32 Å². The fraction of sp³-hybridized carbons (Fsp3) is 0.200. The van der Waals surface area contributed by atoms with Crippen molar-refractivity contribution in [3.63, 3.8) is 0 Å². The maximum atomic E-state index is 12.8. The molecule has 0 fully saturated rings. The van der Waals surface area contributed by atoms with Crippen molar-refractivity contribution in [1.82, 2.24) is 5.32 Å². The van der Waals surface area contributed by atoms with Crippen LogP contribution in [0.4, 0.5) is 5.69 Å². The zero-order valence-corrected chi connectivity index (χ0v) is 16.9. The van der Waals surface area contributed by atoms with Crippen molar-refractivity contribution in [3.05, 3.63) is 95.6 Å². The van der Waals surface area contributed by atoms with Gasteiger partial charge < -0.3 is 15.0 Å². The zero-order chi connectivity index (χ0) is 20.9. The third-order valence-electron chi connectivity index (χ3n) is 5.32. The summed E-state index contributed by atoms with van der Waals surface area (Å²) in [6, 6.07) is 24.5. The van der Waals surface area contributed by atoms with Crippen LogP contribution in [0, 0.1) is 0 Å². The number of anilines is 1. The minimum absolute atomic E-state index is 0.118. The van der Waals surface area contributed by atoms with Gasteiger partial charge in [0.2, 0.25) is 0 Å². The van der Waals surface area contributed by atoms with E-state index in [1.54, 1.807) is 29.2 Å². The Morgan fingerprint density at radius 1 is 0.967 bits per heavy atom. The number of para-hydroxylation sites is 2. The summed E-state index contributed by atoms with van der Waals surface area (Å²) in [5, 5.41) is 2.99. The molecule has 1 atom stereocenters. The fourth-order valence-corrected chi connectivity index (χ4v) is 3.69. The molecule has 0 saturated heterocycles. The van der Waals surface area contributed by atoms with Crippen molar-refractivity contribution >= 4 is 17.5 Å². The molecule has 0 aliphatic carbocycles. The summed E-state index contributed by atoms with van der Waals surface area (Å²) >= 11 is 0. The van der Waals surface area contributed by atoms with Crippen LogP contribution in [0.2, 0.25) is 0 Å². The largest absolute Gasteiger partial charge is 0.483 e. The van der Waals surface area contributed by atoms with E-state index in [0.29, 0.717) is 17.9 Å². The zero-order valence-electron chi connectivity index (χ0n) is 16.9. The van der Waals surface area contributed by atoms with E-state index >= 15 is 0 Å². The van der Waals surface area contributed by atoms with Gasteiger partial charge >= 0.3 is 0 Å². The van der Waals surface area contributed by atoms with Gasteiger partial charge in [0.05, 0.1) is 11.6 Å². The van der Waals surface area contributed by atoms with Crippen LogP contribution in [0.25, 0.3) is 0 Å². The number of ether oxygens (including phenoxy) is 1. The van der Waals surface area contributed by atoms with Gasteiger partial charge in [-0.25, -0.2) is 0 Å². The molecule has 0 radical (unpaired) electrons. The lowest BCUT2D eigenvalue weighted by atomic mass is 10.1. The van der Waals surface area contributed by atoms with E-state index < -0.39 is 0 Å². The minimum atomic E-state index is -0.235. The average Bonchev–Trinajstić information content (AvgIpc) is 3.22. The van der Waals surface area contributed by atoms with Crippen molar-refractivity contribution in [2.75, 3.05) is 18.1 Å². The Hall–Kier alpha value is -3.60. The van der Waals surface area contributed by atoms with Crippen LogP contribution < -0.4 is 15.0 Å². The molecule has 1 N–H and O–H groups in total. The van der Waals surface area contributed by atoms with E-state index in [1.807, 2.05) is 61.5 Å². The van der Waals surface area contributed by atoms with Crippen LogP contribution in [-0.4, -0.2) is 25.0 Å². The Morgan fingerprint density at radius 3 is 2.50 bits per heavy atom. The summed E-state index contributed by atoms with van der Waals surface area (Å²) in [4.78, 5) is 27.3. The fourth-order valence-electron chi connectivity index (χ4n) is 3.69. The first-order chi connectivity index (χ1) is 14.6. The van der Waals surface area contributed by atoms with Crippen molar-refractivity contribution in [3.8, 4) is 5.75 Å². The van der Waals surface area contributed by atoms with Crippen molar-refractivity contribution in [2.24, 2.45) is 0 Å².